The van der Waals surface area contributed by atoms with E-state index >= 15 is 0 Å². The van der Waals surface area contributed by atoms with E-state index in [9.17, 15) is 9.59 Å². The first-order valence-electron chi connectivity index (χ1n) is 7.65. The lowest BCUT2D eigenvalue weighted by Gasteiger charge is -2.39. The highest BCUT2D eigenvalue weighted by Crippen LogP contribution is 2.11. The molecule has 2 aliphatic heterocycles. The first-order chi connectivity index (χ1) is 9.65. The maximum Gasteiger partial charge on any atom is 0.236 e. The fourth-order valence-electron chi connectivity index (χ4n) is 2.64. The fourth-order valence-corrected chi connectivity index (χ4v) is 2.64. The largest absolute Gasteiger partial charge is 0.339 e. The van der Waals surface area contributed by atoms with Crippen molar-refractivity contribution in [3.63, 3.8) is 0 Å². The molecule has 0 radical (unpaired) electrons. The second-order valence-corrected chi connectivity index (χ2v) is 5.52. The van der Waals surface area contributed by atoms with Crippen molar-refractivity contribution in [2.45, 2.75) is 13.8 Å². The van der Waals surface area contributed by atoms with E-state index < -0.39 is 0 Å². The summed E-state index contributed by atoms with van der Waals surface area (Å²) in [6, 6.07) is 0. The number of carbonyl (C=O) groups is 2. The van der Waals surface area contributed by atoms with Crippen LogP contribution in [0.15, 0.2) is 0 Å². The number of hydrogen-bond donors (Lipinski definition) is 1. The average molecular weight is 282 g/mol. The summed E-state index contributed by atoms with van der Waals surface area (Å²) in [5.41, 5.74) is 0. The van der Waals surface area contributed by atoms with Gasteiger partial charge in [0.2, 0.25) is 11.8 Å². The SMILES string of the molecule is CCN(CC)CC(=O)N1CCN(C(=O)C2CNC2)CC1. The highest BCUT2D eigenvalue weighted by Gasteiger charge is 2.31. The van der Waals surface area contributed by atoms with Gasteiger partial charge < -0.3 is 15.1 Å². The molecule has 0 saturated carbocycles. The summed E-state index contributed by atoms with van der Waals surface area (Å²) in [6.07, 6.45) is 0. The maximum atomic E-state index is 12.2. The number of hydrogen-bond acceptors (Lipinski definition) is 4. The van der Waals surface area contributed by atoms with E-state index in [0.29, 0.717) is 32.7 Å². The van der Waals surface area contributed by atoms with Crippen molar-refractivity contribution in [3.8, 4) is 0 Å². The van der Waals surface area contributed by atoms with Crippen molar-refractivity contribution in [1.82, 2.24) is 20.0 Å². The minimum atomic E-state index is 0.160. The summed E-state index contributed by atoms with van der Waals surface area (Å²) in [7, 11) is 0. The van der Waals surface area contributed by atoms with Crippen LogP contribution in [-0.2, 0) is 9.59 Å². The number of nitrogens with one attached hydrogen (secondary N) is 1. The standard InChI is InChI=1S/C14H26N4O2/c1-3-16(4-2)11-13(19)17-5-7-18(8-6-17)14(20)12-9-15-10-12/h12,15H,3-11H2,1-2H3. The lowest BCUT2D eigenvalue weighted by atomic mass is 10.0. The van der Waals surface area contributed by atoms with E-state index in [4.69, 9.17) is 0 Å². The summed E-state index contributed by atoms with van der Waals surface area (Å²) in [5.74, 6) is 0.596. The van der Waals surface area contributed by atoms with Crippen molar-refractivity contribution in [1.29, 1.82) is 0 Å². The van der Waals surface area contributed by atoms with Crippen LogP contribution in [0.25, 0.3) is 0 Å². The van der Waals surface area contributed by atoms with E-state index in [2.05, 4.69) is 24.1 Å². The Morgan fingerprint density at radius 2 is 1.60 bits per heavy atom. The molecule has 0 aromatic carbocycles. The molecule has 114 valence electrons. The summed E-state index contributed by atoms with van der Waals surface area (Å²) in [5, 5.41) is 3.13. The number of nitrogens with zero attached hydrogens (tertiary/aromatic N) is 3. The third-order valence-corrected chi connectivity index (χ3v) is 4.33. The maximum absolute atomic E-state index is 12.2. The van der Waals surface area contributed by atoms with Crippen LogP contribution < -0.4 is 5.32 Å². The first-order valence-corrected chi connectivity index (χ1v) is 7.65. The van der Waals surface area contributed by atoms with Crippen molar-refractivity contribution in [2.75, 3.05) is 58.9 Å². The molecule has 0 aliphatic carbocycles. The van der Waals surface area contributed by atoms with Crippen LogP contribution in [-0.4, -0.2) is 85.4 Å². The molecule has 2 aliphatic rings. The predicted molar refractivity (Wildman–Crippen MR) is 77.3 cm³/mol. The van der Waals surface area contributed by atoms with E-state index in [1.165, 1.54) is 0 Å². The van der Waals surface area contributed by atoms with Crippen molar-refractivity contribution in [3.05, 3.63) is 0 Å². The van der Waals surface area contributed by atoms with Gasteiger partial charge in [-0.2, -0.15) is 0 Å². The molecule has 0 aromatic rings. The van der Waals surface area contributed by atoms with E-state index in [1.54, 1.807) is 0 Å². The molecular weight excluding hydrogens is 256 g/mol. The fraction of sp³-hybridized carbons (Fsp3) is 0.857. The van der Waals surface area contributed by atoms with Gasteiger partial charge in [0, 0.05) is 39.3 Å². The number of amides is 2. The van der Waals surface area contributed by atoms with Crippen molar-refractivity contribution < 1.29 is 9.59 Å². The topological polar surface area (TPSA) is 55.9 Å². The van der Waals surface area contributed by atoms with Crippen LogP contribution >= 0.6 is 0 Å². The molecule has 2 fully saturated rings. The summed E-state index contributed by atoms with van der Waals surface area (Å²) in [4.78, 5) is 30.2. The van der Waals surface area contributed by atoms with Crippen LogP contribution in [0, 0.1) is 5.92 Å². The van der Waals surface area contributed by atoms with Crippen LogP contribution in [0.4, 0.5) is 0 Å². The molecule has 6 nitrogen and oxygen atoms in total. The highest BCUT2D eigenvalue weighted by molar-refractivity contribution is 5.81. The molecule has 2 saturated heterocycles. The van der Waals surface area contributed by atoms with Crippen molar-refractivity contribution in [2.24, 2.45) is 5.92 Å². The molecule has 0 bridgehead atoms. The molecule has 1 N–H and O–H groups in total. The van der Waals surface area contributed by atoms with Gasteiger partial charge in [-0.15, -0.1) is 0 Å². The molecular formula is C14H26N4O2. The third kappa shape index (κ3) is 3.49. The molecule has 0 aromatic heterocycles. The second kappa shape index (κ2) is 7.04. The quantitative estimate of drug-likeness (QED) is 0.719. The first kappa shape index (κ1) is 15.3. The smallest absolute Gasteiger partial charge is 0.236 e. The summed E-state index contributed by atoms with van der Waals surface area (Å²) < 4.78 is 0. The monoisotopic (exact) mass is 282 g/mol. The number of likely N-dealkylation sites (N-methyl/N-ethyl adjacent to an activating group) is 1. The molecule has 0 unspecified atom stereocenters. The molecule has 2 amide bonds. The Balaban J connectivity index is 1.75. The second-order valence-electron chi connectivity index (χ2n) is 5.52. The van der Waals surface area contributed by atoms with E-state index in [1.807, 2.05) is 9.80 Å². The zero-order chi connectivity index (χ0) is 14.5. The van der Waals surface area contributed by atoms with Gasteiger partial charge >= 0.3 is 0 Å². The van der Waals surface area contributed by atoms with Gasteiger partial charge in [-0.1, -0.05) is 13.8 Å². The number of rotatable bonds is 5. The number of carbonyl (C=O) groups excluding carboxylic acids is 2. The van der Waals surface area contributed by atoms with E-state index in [-0.39, 0.29) is 17.7 Å². The van der Waals surface area contributed by atoms with Gasteiger partial charge in [0.25, 0.3) is 0 Å². The Hall–Kier alpha value is -1.14. The van der Waals surface area contributed by atoms with Gasteiger partial charge in [0.1, 0.15) is 0 Å². The van der Waals surface area contributed by atoms with Gasteiger partial charge in [0.15, 0.2) is 0 Å². The zero-order valence-corrected chi connectivity index (χ0v) is 12.6. The average Bonchev–Trinajstić information content (AvgIpc) is 2.42. The van der Waals surface area contributed by atoms with Gasteiger partial charge in [-0.25, -0.2) is 0 Å². The van der Waals surface area contributed by atoms with Crippen LogP contribution in [0.2, 0.25) is 0 Å². The molecule has 20 heavy (non-hydrogen) atoms. The predicted octanol–water partition coefficient (Wildman–Crippen LogP) is -0.782. The minimum Gasteiger partial charge on any atom is -0.339 e. The Morgan fingerprint density at radius 3 is 2.05 bits per heavy atom. The van der Waals surface area contributed by atoms with Crippen molar-refractivity contribution >= 4 is 11.8 Å². The van der Waals surface area contributed by atoms with Crippen LogP contribution in [0.5, 0.6) is 0 Å². The molecule has 2 rings (SSSR count). The molecule has 2 heterocycles. The number of piperazine rings is 1. The van der Waals surface area contributed by atoms with Crippen LogP contribution in [0.1, 0.15) is 13.8 Å². The summed E-state index contributed by atoms with van der Waals surface area (Å²) >= 11 is 0. The van der Waals surface area contributed by atoms with Gasteiger partial charge in [0.05, 0.1) is 12.5 Å². The van der Waals surface area contributed by atoms with Crippen LogP contribution in [0.3, 0.4) is 0 Å². The third-order valence-electron chi connectivity index (χ3n) is 4.33. The Bertz CT molecular complexity index is 345. The Morgan fingerprint density at radius 1 is 1.05 bits per heavy atom. The Kier molecular flexibility index (Phi) is 5.37. The molecule has 0 spiro atoms. The normalized spacial score (nSPS) is 20.1. The molecule has 0 atom stereocenters. The van der Waals surface area contributed by atoms with E-state index in [0.717, 1.165) is 26.2 Å². The molecule has 6 heteroatoms. The van der Waals surface area contributed by atoms with Gasteiger partial charge in [-0.3, -0.25) is 14.5 Å². The highest BCUT2D eigenvalue weighted by atomic mass is 16.2. The Labute approximate surface area is 121 Å². The van der Waals surface area contributed by atoms with Gasteiger partial charge in [-0.05, 0) is 13.1 Å². The summed E-state index contributed by atoms with van der Waals surface area (Å²) in [6.45, 7) is 10.7. The zero-order valence-electron chi connectivity index (χ0n) is 12.6. The minimum absolute atomic E-state index is 0.160. The lowest BCUT2D eigenvalue weighted by molar-refractivity contribution is -0.143. The lowest BCUT2D eigenvalue weighted by Crippen LogP contribution is -2.57.